The van der Waals surface area contributed by atoms with Crippen molar-refractivity contribution in [1.29, 1.82) is 0 Å². The second-order valence-corrected chi connectivity index (χ2v) is 4.29. The number of likely N-dealkylation sites (N-methyl/N-ethyl adjacent to an activating group) is 1. The van der Waals surface area contributed by atoms with E-state index >= 15 is 0 Å². The predicted octanol–water partition coefficient (Wildman–Crippen LogP) is 0.622. The highest BCUT2D eigenvalue weighted by Crippen LogP contribution is 2.15. The molecule has 1 saturated heterocycles. The topological polar surface area (TPSA) is 41.6 Å². The molecule has 2 unspecified atom stereocenters. The van der Waals surface area contributed by atoms with Gasteiger partial charge in [0.15, 0.2) is 0 Å². The molecule has 1 amide bonds. The van der Waals surface area contributed by atoms with Crippen molar-refractivity contribution in [1.82, 2.24) is 10.2 Å². The van der Waals surface area contributed by atoms with Gasteiger partial charge >= 0.3 is 0 Å². The summed E-state index contributed by atoms with van der Waals surface area (Å²) in [6, 6.07) is 0.438. The molecule has 0 aromatic rings. The summed E-state index contributed by atoms with van der Waals surface area (Å²) in [6.45, 7) is 3.39. The minimum atomic E-state index is 0.134. The van der Waals surface area contributed by atoms with Gasteiger partial charge in [-0.25, -0.2) is 0 Å². The lowest BCUT2D eigenvalue weighted by Gasteiger charge is -2.29. The lowest BCUT2D eigenvalue weighted by molar-refractivity contribution is -0.128. The molecule has 4 nitrogen and oxygen atoms in total. The van der Waals surface area contributed by atoms with Crippen LogP contribution in [0.5, 0.6) is 0 Å². The van der Waals surface area contributed by atoms with E-state index in [1.165, 1.54) is 0 Å². The van der Waals surface area contributed by atoms with E-state index in [1.807, 2.05) is 0 Å². The summed E-state index contributed by atoms with van der Waals surface area (Å²) >= 11 is 0. The van der Waals surface area contributed by atoms with Crippen molar-refractivity contribution < 1.29 is 9.53 Å². The average Bonchev–Trinajstić information content (AvgIpc) is 2.26. The zero-order chi connectivity index (χ0) is 11.3. The van der Waals surface area contributed by atoms with Gasteiger partial charge in [0.05, 0.1) is 12.6 Å². The number of nitrogens with zero attached hydrogens (tertiary/aromatic N) is 1. The average molecular weight is 214 g/mol. The zero-order valence-electron chi connectivity index (χ0n) is 9.95. The molecular formula is C11H22N2O2. The van der Waals surface area contributed by atoms with Crippen LogP contribution in [-0.4, -0.2) is 50.2 Å². The molecule has 2 atom stereocenters. The molecule has 1 aliphatic rings. The Labute approximate surface area is 92.0 Å². The van der Waals surface area contributed by atoms with Crippen LogP contribution in [-0.2, 0) is 9.53 Å². The fourth-order valence-corrected chi connectivity index (χ4v) is 1.74. The van der Waals surface area contributed by atoms with E-state index in [2.05, 4.69) is 12.2 Å². The first-order valence-corrected chi connectivity index (χ1v) is 5.68. The summed E-state index contributed by atoms with van der Waals surface area (Å²) in [6.07, 6.45) is 3.46. The lowest BCUT2D eigenvalue weighted by atomic mass is 10.0. The molecule has 0 radical (unpaired) electrons. The van der Waals surface area contributed by atoms with E-state index in [-0.39, 0.29) is 5.91 Å². The van der Waals surface area contributed by atoms with Crippen LogP contribution in [0.3, 0.4) is 0 Å². The van der Waals surface area contributed by atoms with Gasteiger partial charge in [0, 0.05) is 26.7 Å². The first-order chi connectivity index (χ1) is 7.13. The molecule has 1 rings (SSSR count). The molecule has 88 valence electrons. The van der Waals surface area contributed by atoms with Gasteiger partial charge in [-0.3, -0.25) is 4.79 Å². The molecule has 1 aliphatic heterocycles. The quantitative estimate of drug-likeness (QED) is 0.746. The molecule has 1 fully saturated rings. The second-order valence-electron chi connectivity index (χ2n) is 4.29. The molecule has 0 bridgehead atoms. The predicted molar refractivity (Wildman–Crippen MR) is 59.7 cm³/mol. The van der Waals surface area contributed by atoms with Gasteiger partial charge < -0.3 is 15.0 Å². The number of ether oxygens (including phenoxy) is 1. The van der Waals surface area contributed by atoms with Crippen LogP contribution in [0.15, 0.2) is 0 Å². The minimum absolute atomic E-state index is 0.134. The van der Waals surface area contributed by atoms with E-state index in [0.717, 1.165) is 25.9 Å². The molecule has 0 spiro atoms. The van der Waals surface area contributed by atoms with E-state index in [9.17, 15) is 4.79 Å². The smallest absolute Gasteiger partial charge is 0.236 e. The van der Waals surface area contributed by atoms with Crippen molar-refractivity contribution in [2.24, 2.45) is 0 Å². The van der Waals surface area contributed by atoms with Crippen LogP contribution >= 0.6 is 0 Å². The Morgan fingerprint density at radius 2 is 2.27 bits per heavy atom. The Morgan fingerprint density at radius 1 is 1.53 bits per heavy atom. The van der Waals surface area contributed by atoms with Crippen molar-refractivity contribution >= 4 is 5.91 Å². The fourth-order valence-electron chi connectivity index (χ4n) is 1.74. The molecule has 0 saturated carbocycles. The van der Waals surface area contributed by atoms with Crippen molar-refractivity contribution in [3.8, 4) is 0 Å². The van der Waals surface area contributed by atoms with Gasteiger partial charge in [-0.2, -0.15) is 0 Å². The van der Waals surface area contributed by atoms with Crippen LogP contribution in [0.4, 0.5) is 0 Å². The second kappa shape index (κ2) is 6.08. The van der Waals surface area contributed by atoms with E-state index < -0.39 is 0 Å². The van der Waals surface area contributed by atoms with E-state index in [1.54, 1.807) is 19.0 Å². The van der Waals surface area contributed by atoms with Crippen LogP contribution in [0.1, 0.15) is 26.2 Å². The number of carbonyl (C=O) groups excluding carboxylic acids is 1. The Morgan fingerprint density at radius 3 is 2.87 bits per heavy atom. The third-order valence-electron chi connectivity index (χ3n) is 2.86. The molecule has 0 aromatic heterocycles. The monoisotopic (exact) mass is 214 g/mol. The highest BCUT2D eigenvalue weighted by atomic mass is 16.5. The first-order valence-electron chi connectivity index (χ1n) is 5.68. The number of hydrogen-bond donors (Lipinski definition) is 1. The standard InChI is InChI=1S/C11H22N2O2/c1-4-10-7-9(5-6-15-10)12-8-11(14)13(2)3/h9-10,12H,4-8H2,1-3H3. The molecule has 15 heavy (non-hydrogen) atoms. The van der Waals surface area contributed by atoms with Crippen LogP contribution in [0.25, 0.3) is 0 Å². The summed E-state index contributed by atoms with van der Waals surface area (Å²) in [4.78, 5) is 13.0. The molecular weight excluding hydrogens is 192 g/mol. The normalized spacial score (nSPS) is 26.3. The Kier molecular flexibility index (Phi) is 5.05. The van der Waals surface area contributed by atoms with E-state index in [4.69, 9.17) is 4.74 Å². The van der Waals surface area contributed by atoms with Crippen molar-refractivity contribution in [2.45, 2.75) is 38.3 Å². The molecule has 4 heteroatoms. The third-order valence-corrected chi connectivity index (χ3v) is 2.86. The highest BCUT2D eigenvalue weighted by molar-refractivity contribution is 5.77. The minimum Gasteiger partial charge on any atom is -0.378 e. The SMILES string of the molecule is CCC1CC(NCC(=O)N(C)C)CCO1. The van der Waals surface area contributed by atoms with Gasteiger partial charge in [-0.1, -0.05) is 6.92 Å². The molecule has 1 heterocycles. The summed E-state index contributed by atoms with van der Waals surface area (Å²) in [7, 11) is 3.56. The number of hydrogen-bond acceptors (Lipinski definition) is 3. The highest BCUT2D eigenvalue weighted by Gasteiger charge is 2.21. The maximum atomic E-state index is 11.4. The van der Waals surface area contributed by atoms with Crippen LogP contribution in [0.2, 0.25) is 0 Å². The maximum absolute atomic E-state index is 11.4. The Bertz CT molecular complexity index is 207. The largest absolute Gasteiger partial charge is 0.378 e. The summed E-state index contributed by atoms with van der Waals surface area (Å²) in [5.41, 5.74) is 0. The van der Waals surface area contributed by atoms with Crippen LogP contribution in [0, 0.1) is 0 Å². The van der Waals surface area contributed by atoms with Gasteiger partial charge in [0.1, 0.15) is 0 Å². The van der Waals surface area contributed by atoms with Crippen molar-refractivity contribution in [2.75, 3.05) is 27.2 Å². The lowest BCUT2D eigenvalue weighted by Crippen LogP contribution is -2.43. The molecule has 1 N–H and O–H groups in total. The Balaban J connectivity index is 2.23. The summed E-state index contributed by atoms with van der Waals surface area (Å²) in [5, 5.41) is 3.30. The van der Waals surface area contributed by atoms with Gasteiger partial charge in [-0.05, 0) is 19.3 Å². The van der Waals surface area contributed by atoms with Gasteiger partial charge in [-0.15, -0.1) is 0 Å². The fraction of sp³-hybridized carbons (Fsp3) is 0.909. The first kappa shape index (κ1) is 12.5. The van der Waals surface area contributed by atoms with Gasteiger partial charge in [0.25, 0.3) is 0 Å². The van der Waals surface area contributed by atoms with E-state index in [0.29, 0.717) is 18.7 Å². The summed E-state index contributed by atoms with van der Waals surface area (Å²) < 4.78 is 5.58. The number of rotatable bonds is 4. The number of carbonyl (C=O) groups is 1. The zero-order valence-corrected chi connectivity index (χ0v) is 9.95. The van der Waals surface area contributed by atoms with Gasteiger partial charge in [0.2, 0.25) is 5.91 Å². The van der Waals surface area contributed by atoms with Crippen LogP contribution < -0.4 is 5.32 Å². The molecule has 0 aromatic carbocycles. The summed E-state index contributed by atoms with van der Waals surface area (Å²) in [5.74, 6) is 0.134. The Hall–Kier alpha value is -0.610. The number of nitrogens with one attached hydrogen (secondary N) is 1. The van der Waals surface area contributed by atoms with Crippen molar-refractivity contribution in [3.63, 3.8) is 0 Å². The molecule has 0 aliphatic carbocycles. The van der Waals surface area contributed by atoms with Crippen molar-refractivity contribution in [3.05, 3.63) is 0 Å². The maximum Gasteiger partial charge on any atom is 0.236 e. The third kappa shape index (κ3) is 4.18. The number of amides is 1.